The second kappa shape index (κ2) is 9.01. The Hall–Kier alpha value is -3.01. The number of amides is 4. The van der Waals surface area contributed by atoms with Crippen molar-refractivity contribution in [3.05, 3.63) is 34.5 Å². The molecule has 4 heterocycles. The van der Waals surface area contributed by atoms with E-state index in [0.29, 0.717) is 25.4 Å². The van der Waals surface area contributed by atoms with Crippen molar-refractivity contribution in [3.63, 3.8) is 0 Å². The fourth-order valence-corrected chi connectivity index (χ4v) is 4.72. The van der Waals surface area contributed by atoms with Gasteiger partial charge >= 0.3 is 6.03 Å². The third-order valence-electron chi connectivity index (χ3n) is 5.81. The van der Waals surface area contributed by atoms with E-state index in [4.69, 9.17) is 4.98 Å². The molecule has 2 fully saturated rings. The topological polar surface area (TPSA) is 116 Å². The number of hydrogen-bond acceptors (Lipinski definition) is 7. The van der Waals surface area contributed by atoms with Gasteiger partial charge in [-0.1, -0.05) is 6.07 Å². The molecule has 2 aromatic heterocycles. The van der Waals surface area contributed by atoms with Crippen molar-refractivity contribution < 1.29 is 14.4 Å². The van der Waals surface area contributed by atoms with Crippen LogP contribution in [-0.2, 0) is 9.59 Å². The smallest absolute Gasteiger partial charge is 0.322 e. The van der Waals surface area contributed by atoms with Gasteiger partial charge in [0.25, 0.3) is 5.91 Å². The van der Waals surface area contributed by atoms with Crippen LogP contribution in [0.4, 0.5) is 15.7 Å². The molecule has 164 valence electrons. The summed E-state index contributed by atoms with van der Waals surface area (Å²) >= 11 is 1.61. The first-order valence-electron chi connectivity index (χ1n) is 10.5. The number of aryl methyl sites for hydroxylation is 2. The molecule has 2 saturated heterocycles. The first kappa shape index (κ1) is 21.2. The van der Waals surface area contributed by atoms with Crippen molar-refractivity contribution in [1.29, 1.82) is 0 Å². The van der Waals surface area contributed by atoms with E-state index in [2.05, 4.69) is 27.9 Å². The second-order valence-electron chi connectivity index (χ2n) is 7.94. The lowest BCUT2D eigenvalue weighted by molar-refractivity contribution is -0.132. The molecular formula is C21H26N6O3S. The van der Waals surface area contributed by atoms with Crippen LogP contribution in [-0.4, -0.2) is 51.8 Å². The van der Waals surface area contributed by atoms with Crippen LogP contribution in [0, 0.1) is 13.8 Å². The number of thiazole rings is 1. The van der Waals surface area contributed by atoms with E-state index in [1.165, 1.54) is 4.88 Å². The summed E-state index contributed by atoms with van der Waals surface area (Å²) in [5.41, 5.74) is 2.05. The lowest BCUT2D eigenvalue weighted by atomic mass is 9.92. The number of imide groups is 1. The number of carbonyl (C=O) groups is 3. The van der Waals surface area contributed by atoms with Crippen LogP contribution in [0.25, 0.3) is 0 Å². The van der Waals surface area contributed by atoms with Gasteiger partial charge in [-0.25, -0.2) is 14.8 Å². The van der Waals surface area contributed by atoms with E-state index in [0.717, 1.165) is 35.2 Å². The van der Waals surface area contributed by atoms with Crippen LogP contribution in [0.2, 0.25) is 0 Å². The molecule has 4 amide bonds. The molecule has 2 aromatic rings. The molecule has 9 nitrogen and oxygen atoms in total. The summed E-state index contributed by atoms with van der Waals surface area (Å²) < 4.78 is 0. The maximum Gasteiger partial charge on any atom is 0.322 e. The van der Waals surface area contributed by atoms with Crippen LogP contribution in [0.5, 0.6) is 0 Å². The highest BCUT2D eigenvalue weighted by atomic mass is 32.1. The minimum absolute atomic E-state index is 0.0188. The highest BCUT2D eigenvalue weighted by Crippen LogP contribution is 2.29. The summed E-state index contributed by atoms with van der Waals surface area (Å²) in [7, 11) is 0. The summed E-state index contributed by atoms with van der Waals surface area (Å²) in [6.07, 6.45) is 2.26. The van der Waals surface area contributed by atoms with Crippen molar-refractivity contribution in [2.45, 2.75) is 51.5 Å². The van der Waals surface area contributed by atoms with E-state index in [1.54, 1.807) is 11.3 Å². The zero-order valence-corrected chi connectivity index (χ0v) is 18.4. The second-order valence-corrected chi connectivity index (χ2v) is 9.15. The summed E-state index contributed by atoms with van der Waals surface area (Å²) in [6, 6.07) is 4.86. The Morgan fingerprint density at radius 2 is 2.00 bits per heavy atom. The van der Waals surface area contributed by atoms with E-state index in [-0.39, 0.29) is 18.2 Å². The summed E-state index contributed by atoms with van der Waals surface area (Å²) in [4.78, 5) is 47.6. The molecular weight excluding hydrogens is 416 g/mol. The van der Waals surface area contributed by atoms with Gasteiger partial charge in [-0.2, -0.15) is 0 Å². The average molecular weight is 443 g/mol. The normalized spacial score (nSPS) is 19.3. The van der Waals surface area contributed by atoms with Crippen LogP contribution >= 0.6 is 11.3 Å². The SMILES string of the molecule is Cc1nc(Nc2cccc(C3CCN(C(=O)CC[C@H]4NC(=O)NC4=O)CC3)n2)sc1C. The highest BCUT2D eigenvalue weighted by Gasteiger charge is 2.31. The third kappa shape index (κ3) is 5.01. The Morgan fingerprint density at radius 1 is 1.23 bits per heavy atom. The van der Waals surface area contributed by atoms with Crippen LogP contribution in [0.3, 0.4) is 0 Å². The third-order valence-corrected chi connectivity index (χ3v) is 6.79. The molecule has 3 N–H and O–H groups in total. The number of aromatic nitrogens is 2. The van der Waals surface area contributed by atoms with E-state index < -0.39 is 12.1 Å². The Bertz CT molecular complexity index is 979. The Kier molecular flexibility index (Phi) is 6.17. The first-order valence-corrected chi connectivity index (χ1v) is 11.3. The summed E-state index contributed by atoms with van der Waals surface area (Å²) in [5, 5.41) is 8.85. The number of nitrogens with zero attached hydrogens (tertiary/aromatic N) is 3. The Labute approximate surface area is 184 Å². The largest absolute Gasteiger partial charge is 0.343 e. The number of likely N-dealkylation sites (tertiary alicyclic amines) is 1. The standard InChI is InChI=1S/C21H26N6O3S/c1-12-13(2)31-21(22-12)25-17-5-3-4-15(23-17)14-8-10-27(11-9-14)18(28)7-6-16-19(29)26-20(30)24-16/h3-5,14,16H,6-11H2,1-2H3,(H,22,23,25)(H2,24,26,29,30)/t16-/m1/s1. The van der Waals surface area contributed by atoms with Crippen LogP contribution in [0.15, 0.2) is 18.2 Å². The number of rotatable bonds is 6. The quantitative estimate of drug-likeness (QED) is 0.592. The van der Waals surface area contributed by atoms with Gasteiger partial charge in [0, 0.05) is 36.0 Å². The Morgan fingerprint density at radius 3 is 2.65 bits per heavy atom. The number of nitrogens with one attached hydrogen (secondary N) is 3. The predicted molar refractivity (Wildman–Crippen MR) is 117 cm³/mol. The molecule has 4 rings (SSSR count). The van der Waals surface area contributed by atoms with Gasteiger partial charge in [-0.15, -0.1) is 11.3 Å². The fourth-order valence-electron chi connectivity index (χ4n) is 3.90. The highest BCUT2D eigenvalue weighted by molar-refractivity contribution is 7.15. The van der Waals surface area contributed by atoms with Crippen molar-refractivity contribution in [2.75, 3.05) is 18.4 Å². The molecule has 2 aliphatic rings. The van der Waals surface area contributed by atoms with Crippen molar-refractivity contribution in [1.82, 2.24) is 25.5 Å². The molecule has 10 heteroatoms. The van der Waals surface area contributed by atoms with Crippen LogP contribution in [0.1, 0.15) is 47.9 Å². The zero-order valence-electron chi connectivity index (χ0n) is 17.6. The number of anilines is 2. The maximum absolute atomic E-state index is 12.5. The number of piperidine rings is 1. The van der Waals surface area contributed by atoms with E-state index in [9.17, 15) is 14.4 Å². The number of carbonyl (C=O) groups excluding carboxylic acids is 3. The molecule has 2 aliphatic heterocycles. The van der Waals surface area contributed by atoms with Gasteiger partial charge in [0.15, 0.2) is 5.13 Å². The minimum atomic E-state index is -0.612. The zero-order chi connectivity index (χ0) is 22.0. The van der Waals surface area contributed by atoms with E-state index >= 15 is 0 Å². The van der Waals surface area contributed by atoms with Gasteiger partial charge < -0.3 is 15.5 Å². The average Bonchev–Trinajstić information content (AvgIpc) is 3.25. The van der Waals surface area contributed by atoms with Gasteiger partial charge in [-0.05, 0) is 45.2 Å². The van der Waals surface area contributed by atoms with Gasteiger partial charge in [-0.3, -0.25) is 14.9 Å². The summed E-state index contributed by atoms with van der Waals surface area (Å²) in [6.45, 7) is 5.37. The fraction of sp³-hybridized carbons (Fsp3) is 0.476. The Balaban J connectivity index is 1.29. The maximum atomic E-state index is 12.5. The van der Waals surface area contributed by atoms with Gasteiger partial charge in [0.2, 0.25) is 5.91 Å². The van der Waals surface area contributed by atoms with Crippen molar-refractivity contribution in [2.24, 2.45) is 0 Å². The van der Waals surface area contributed by atoms with Gasteiger partial charge in [0.05, 0.1) is 5.69 Å². The molecule has 0 aliphatic carbocycles. The molecule has 0 radical (unpaired) electrons. The van der Waals surface area contributed by atoms with Gasteiger partial charge in [0.1, 0.15) is 11.9 Å². The molecule has 1 atom stereocenters. The molecule has 0 saturated carbocycles. The molecule has 0 bridgehead atoms. The molecule has 0 aromatic carbocycles. The molecule has 0 unspecified atom stereocenters. The monoisotopic (exact) mass is 442 g/mol. The number of hydrogen-bond donors (Lipinski definition) is 3. The predicted octanol–water partition coefficient (Wildman–Crippen LogP) is 2.59. The number of pyridine rings is 1. The molecule has 31 heavy (non-hydrogen) atoms. The minimum Gasteiger partial charge on any atom is -0.343 e. The molecule has 0 spiro atoms. The van der Waals surface area contributed by atoms with Crippen molar-refractivity contribution in [3.8, 4) is 0 Å². The van der Waals surface area contributed by atoms with Crippen LogP contribution < -0.4 is 16.0 Å². The lowest BCUT2D eigenvalue weighted by Crippen LogP contribution is -2.39. The van der Waals surface area contributed by atoms with E-state index in [1.807, 2.05) is 30.0 Å². The number of urea groups is 1. The first-order chi connectivity index (χ1) is 14.9. The van der Waals surface area contributed by atoms with Crippen molar-refractivity contribution >= 4 is 40.1 Å². The summed E-state index contributed by atoms with van der Waals surface area (Å²) in [5.74, 6) is 0.733. The lowest BCUT2D eigenvalue weighted by Gasteiger charge is -2.32.